The molecule has 0 saturated carbocycles. The van der Waals surface area contributed by atoms with E-state index in [9.17, 15) is 14.4 Å². The van der Waals surface area contributed by atoms with E-state index in [1.165, 1.54) is 37.1 Å². The Bertz CT molecular complexity index is 750. The highest BCUT2D eigenvalue weighted by atomic mass is 32.2. The number of esters is 1. The lowest BCUT2D eigenvalue weighted by molar-refractivity contribution is -0.127. The van der Waals surface area contributed by atoms with Crippen LogP contribution in [-0.2, 0) is 15.3 Å². The van der Waals surface area contributed by atoms with Gasteiger partial charge in [-0.25, -0.2) is 14.6 Å². The van der Waals surface area contributed by atoms with Crippen molar-refractivity contribution in [3.05, 3.63) is 46.4 Å². The van der Waals surface area contributed by atoms with E-state index in [4.69, 9.17) is 4.74 Å². The first-order chi connectivity index (χ1) is 12.0. The second kappa shape index (κ2) is 9.19. The van der Waals surface area contributed by atoms with Crippen molar-refractivity contribution in [1.29, 1.82) is 0 Å². The first-order valence-corrected chi connectivity index (χ1v) is 9.26. The molecule has 1 atom stereocenters. The number of hydrogen-bond donors (Lipinski definition) is 2. The quantitative estimate of drug-likeness (QED) is 0.591. The molecular weight excluding hydrogens is 362 g/mol. The average molecular weight is 379 g/mol. The number of thiazole rings is 1. The molecule has 1 aromatic carbocycles. The van der Waals surface area contributed by atoms with Gasteiger partial charge in [-0.3, -0.25) is 10.1 Å². The van der Waals surface area contributed by atoms with Crippen molar-refractivity contribution in [1.82, 2.24) is 15.6 Å². The van der Waals surface area contributed by atoms with Crippen LogP contribution >= 0.6 is 23.1 Å². The number of amides is 3. The number of urea groups is 1. The van der Waals surface area contributed by atoms with Crippen LogP contribution < -0.4 is 10.6 Å². The number of rotatable bonds is 6. The lowest BCUT2D eigenvalue weighted by atomic mass is 10.2. The SMILES string of the molecule is CNC(=O)NC(=O)C(C)OC(=O)c1ccccc1SCc1cscn1. The van der Waals surface area contributed by atoms with Gasteiger partial charge in [0, 0.05) is 23.1 Å². The minimum Gasteiger partial charge on any atom is -0.449 e. The van der Waals surface area contributed by atoms with Crippen LogP contribution in [-0.4, -0.2) is 36.0 Å². The van der Waals surface area contributed by atoms with Gasteiger partial charge >= 0.3 is 12.0 Å². The topological polar surface area (TPSA) is 97.4 Å². The van der Waals surface area contributed by atoms with Crippen molar-refractivity contribution in [3.63, 3.8) is 0 Å². The summed E-state index contributed by atoms with van der Waals surface area (Å²) >= 11 is 2.97. The molecule has 0 bridgehead atoms. The van der Waals surface area contributed by atoms with Crippen molar-refractivity contribution in [2.24, 2.45) is 0 Å². The van der Waals surface area contributed by atoms with Gasteiger partial charge < -0.3 is 10.1 Å². The zero-order valence-electron chi connectivity index (χ0n) is 13.6. The van der Waals surface area contributed by atoms with E-state index in [-0.39, 0.29) is 0 Å². The molecule has 0 saturated heterocycles. The van der Waals surface area contributed by atoms with Crippen LogP contribution in [0.4, 0.5) is 4.79 Å². The maximum atomic E-state index is 12.4. The molecule has 0 aliphatic rings. The Kier molecular flexibility index (Phi) is 6.96. The minimum atomic E-state index is -1.10. The largest absolute Gasteiger partial charge is 0.449 e. The molecule has 0 fully saturated rings. The van der Waals surface area contributed by atoms with Gasteiger partial charge in [-0.1, -0.05) is 12.1 Å². The van der Waals surface area contributed by atoms with Crippen LogP contribution in [0.25, 0.3) is 0 Å². The predicted octanol–water partition coefficient (Wildman–Crippen LogP) is 2.44. The van der Waals surface area contributed by atoms with Gasteiger partial charge in [0.2, 0.25) is 0 Å². The number of thioether (sulfide) groups is 1. The Balaban J connectivity index is 2.01. The number of benzene rings is 1. The molecule has 0 aliphatic heterocycles. The molecule has 132 valence electrons. The van der Waals surface area contributed by atoms with Gasteiger partial charge in [0.25, 0.3) is 5.91 Å². The number of ether oxygens (including phenoxy) is 1. The Morgan fingerprint density at radius 3 is 2.76 bits per heavy atom. The van der Waals surface area contributed by atoms with Crippen molar-refractivity contribution >= 4 is 41.0 Å². The Morgan fingerprint density at radius 1 is 1.32 bits per heavy atom. The lowest BCUT2D eigenvalue weighted by Gasteiger charge is -2.14. The van der Waals surface area contributed by atoms with E-state index in [1.807, 2.05) is 17.5 Å². The summed E-state index contributed by atoms with van der Waals surface area (Å²) in [5.74, 6) is -0.693. The first-order valence-electron chi connectivity index (χ1n) is 7.33. The van der Waals surface area contributed by atoms with Gasteiger partial charge in [0.05, 0.1) is 16.8 Å². The molecule has 0 spiro atoms. The van der Waals surface area contributed by atoms with Crippen molar-refractivity contribution in [2.45, 2.75) is 23.7 Å². The van der Waals surface area contributed by atoms with Gasteiger partial charge in [-0.05, 0) is 19.1 Å². The Hall–Kier alpha value is -2.39. The smallest absolute Gasteiger partial charge is 0.340 e. The monoisotopic (exact) mass is 379 g/mol. The van der Waals surface area contributed by atoms with Crippen molar-refractivity contribution in [3.8, 4) is 0 Å². The number of imide groups is 1. The van der Waals surface area contributed by atoms with E-state index in [1.54, 1.807) is 17.6 Å². The van der Waals surface area contributed by atoms with E-state index in [0.29, 0.717) is 11.3 Å². The Morgan fingerprint density at radius 2 is 2.08 bits per heavy atom. The summed E-state index contributed by atoms with van der Waals surface area (Å²) in [6.07, 6.45) is -1.10. The van der Waals surface area contributed by atoms with Gasteiger partial charge in [0.1, 0.15) is 0 Å². The fourth-order valence-corrected chi connectivity index (χ4v) is 3.38. The van der Waals surface area contributed by atoms with Crippen molar-refractivity contribution < 1.29 is 19.1 Å². The summed E-state index contributed by atoms with van der Waals surface area (Å²) < 4.78 is 5.16. The average Bonchev–Trinajstić information content (AvgIpc) is 3.13. The first kappa shape index (κ1) is 18.9. The summed E-state index contributed by atoms with van der Waals surface area (Å²) in [4.78, 5) is 40.2. The molecular formula is C16H17N3O4S2. The second-order valence-corrected chi connectivity index (χ2v) is 6.62. The van der Waals surface area contributed by atoms with E-state index >= 15 is 0 Å². The third-order valence-corrected chi connectivity index (χ3v) is 4.83. The molecule has 0 radical (unpaired) electrons. The maximum Gasteiger partial charge on any atom is 0.340 e. The fraction of sp³-hybridized carbons (Fsp3) is 0.250. The summed E-state index contributed by atoms with van der Waals surface area (Å²) in [5, 5.41) is 6.26. The summed E-state index contributed by atoms with van der Waals surface area (Å²) in [6.45, 7) is 1.40. The Labute approximate surface area is 153 Å². The molecule has 25 heavy (non-hydrogen) atoms. The normalized spacial score (nSPS) is 11.4. The molecule has 1 heterocycles. The summed E-state index contributed by atoms with van der Waals surface area (Å²) in [7, 11) is 1.38. The summed E-state index contributed by atoms with van der Waals surface area (Å²) in [6, 6.07) is 6.32. The molecule has 2 rings (SSSR count). The molecule has 7 nitrogen and oxygen atoms in total. The fourth-order valence-electron chi connectivity index (χ4n) is 1.78. The molecule has 9 heteroatoms. The molecule has 1 unspecified atom stereocenters. The van der Waals surface area contributed by atoms with Crippen LogP contribution in [0.2, 0.25) is 0 Å². The number of aromatic nitrogens is 1. The number of carbonyl (C=O) groups excluding carboxylic acids is 3. The number of nitrogens with one attached hydrogen (secondary N) is 2. The lowest BCUT2D eigenvalue weighted by Crippen LogP contribution is -2.43. The van der Waals surface area contributed by atoms with Crippen LogP contribution in [0.1, 0.15) is 23.0 Å². The number of carbonyl (C=O) groups is 3. The maximum absolute atomic E-state index is 12.4. The molecule has 0 aliphatic carbocycles. The highest BCUT2D eigenvalue weighted by Crippen LogP contribution is 2.27. The van der Waals surface area contributed by atoms with Crippen LogP contribution in [0.15, 0.2) is 40.1 Å². The van der Waals surface area contributed by atoms with Gasteiger partial charge in [-0.15, -0.1) is 23.1 Å². The van der Waals surface area contributed by atoms with E-state index in [0.717, 1.165) is 10.6 Å². The highest BCUT2D eigenvalue weighted by molar-refractivity contribution is 7.98. The molecule has 2 aromatic rings. The van der Waals surface area contributed by atoms with Gasteiger partial charge in [0.15, 0.2) is 6.10 Å². The molecule has 3 amide bonds. The zero-order chi connectivity index (χ0) is 18.2. The van der Waals surface area contributed by atoms with Crippen LogP contribution in [0.5, 0.6) is 0 Å². The number of nitrogens with zero attached hydrogens (tertiary/aromatic N) is 1. The minimum absolute atomic E-state index is 0.363. The number of hydrogen-bond acceptors (Lipinski definition) is 7. The second-order valence-electron chi connectivity index (χ2n) is 4.88. The molecule has 2 N–H and O–H groups in total. The van der Waals surface area contributed by atoms with E-state index in [2.05, 4.69) is 15.6 Å². The highest BCUT2D eigenvalue weighted by Gasteiger charge is 2.22. The van der Waals surface area contributed by atoms with E-state index < -0.39 is 24.0 Å². The third-order valence-electron chi connectivity index (χ3n) is 3.08. The van der Waals surface area contributed by atoms with Crippen LogP contribution in [0, 0.1) is 0 Å². The summed E-state index contributed by atoms with van der Waals surface area (Å²) in [5.41, 5.74) is 3.04. The third kappa shape index (κ3) is 5.57. The standard InChI is InChI=1S/C16H17N3O4S2/c1-10(14(20)19-16(22)17-2)23-15(21)12-5-3-4-6-13(12)25-8-11-7-24-9-18-11/h3-7,9-10H,8H2,1-2H3,(H2,17,19,20,22). The predicted molar refractivity (Wildman–Crippen MR) is 95.6 cm³/mol. The van der Waals surface area contributed by atoms with Crippen LogP contribution in [0.3, 0.4) is 0 Å². The van der Waals surface area contributed by atoms with Gasteiger partial charge in [-0.2, -0.15) is 0 Å². The zero-order valence-corrected chi connectivity index (χ0v) is 15.3. The van der Waals surface area contributed by atoms with Crippen molar-refractivity contribution in [2.75, 3.05) is 7.05 Å². The molecule has 1 aromatic heterocycles.